The highest BCUT2D eigenvalue weighted by molar-refractivity contribution is 7.91. The summed E-state index contributed by atoms with van der Waals surface area (Å²) in [7, 11) is -4.43. The van der Waals surface area contributed by atoms with Crippen LogP contribution in [0.15, 0.2) is 52.0 Å². The Morgan fingerprint density at radius 3 is 2.46 bits per heavy atom. The highest BCUT2D eigenvalue weighted by Crippen LogP contribution is 2.47. The first kappa shape index (κ1) is 30.2. The molecule has 17 heteroatoms. The van der Waals surface area contributed by atoms with Gasteiger partial charge in [0.15, 0.2) is 5.76 Å². The van der Waals surface area contributed by atoms with Gasteiger partial charge in [0.1, 0.15) is 10.5 Å². The number of alkyl halides is 6. The lowest BCUT2D eigenvalue weighted by Gasteiger charge is -2.40. The van der Waals surface area contributed by atoms with Crippen LogP contribution >= 0.6 is 11.3 Å². The zero-order chi connectivity index (χ0) is 29.4. The summed E-state index contributed by atoms with van der Waals surface area (Å²) < 4.78 is 109. The third kappa shape index (κ3) is 5.69. The lowest BCUT2D eigenvalue weighted by Crippen LogP contribution is -2.54. The summed E-state index contributed by atoms with van der Waals surface area (Å²) in [6, 6.07) is 5.41. The van der Waals surface area contributed by atoms with Gasteiger partial charge in [-0.15, -0.1) is 11.3 Å². The van der Waals surface area contributed by atoms with Gasteiger partial charge in [-0.25, -0.2) is 8.42 Å². The largest absolute Gasteiger partial charge is 0.429 e. The van der Waals surface area contributed by atoms with Gasteiger partial charge in [-0.1, -0.05) is 11.7 Å². The second kappa shape index (κ2) is 10.7. The third-order valence-corrected chi connectivity index (χ3v) is 9.55. The average Bonchev–Trinajstić information content (AvgIpc) is 3.36. The number of nitrogens with two attached hydrogens (primary N) is 1. The molecule has 1 unspecified atom stereocenters. The molecule has 0 spiro atoms. The molecule has 1 aliphatic heterocycles. The minimum absolute atomic E-state index is 0.122. The van der Waals surface area contributed by atoms with E-state index in [1.54, 1.807) is 6.07 Å². The van der Waals surface area contributed by atoms with Crippen LogP contribution in [-0.2, 0) is 26.6 Å². The number of nitriles is 1. The normalized spacial score (nSPS) is 19.1. The fraction of sp³-hybridized carbons (Fsp3) is 0.364. The Kier molecular flexibility index (Phi) is 8.27. The second-order valence-electron chi connectivity index (χ2n) is 8.35. The van der Waals surface area contributed by atoms with Crippen molar-refractivity contribution in [2.75, 3.05) is 24.5 Å². The van der Waals surface area contributed by atoms with Gasteiger partial charge in [-0.3, -0.25) is 0 Å². The van der Waals surface area contributed by atoms with Crippen LogP contribution in [0.4, 0.5) is 32.0 Å². The maximum atomic E-state index is 13.8. The Balaban J connectivity index is 1.90. The molecule has 0 aliphatic carbocycles. The van der Waals surface area contributed by atoms with Crippen molar-refractivity contribution in [3.05, 3.63) is 58.7 Å². The first-order valence-electron chi connectivity index (χ1n) is 10.9. The lowest BCUT2D eigenvalue weighted by molar-refractivity contribution is -0.261. The minimum atomic E-state index is -5.38. The van der Waals surface area contributed by atoms with Crippen molar-refractivity contribution in [3.8, 4) is 6.07 Å². The zero-order valence-electron chi connectivity index (χ0n) is 20.0. The number of piperazine rings is 1. The molecule has 1 fully saturated rings. The number of sulfonamides is 1. The van der Waals surface area contributed by atoms with Gasteiger partial charge in [-0.05, 0) is 37.3 Å². The number of nitrogens with zero attached hydrogens (tertiary/aromatic N) is 4. The number of thiophene rings is 1. The molecular weight excluding hydrogens is 576 g/mol. The van der Waals surface area contributed by atoms with Crippen molar-refractivity contribution in [3.63, 3.8) is 0 Å². The molecule has 2 atom stereocenters. The fourth-order valence-electron chi connectivity index (χ4n) is 3.99. The van der Waals surface area contributed by atoms with Gasteiger partial charge < -0.3 is 20.6 Å². The van der Waals surface area contributed by atoms with Crippen molar-refractivity contribution in [2.45, 2.75) is 35.1 Å². The van der Waals surface area contributed by atoms with Crippen LogP contribution in [0.5, 0.6) is 0 Å². The highest BCUT2D eigenvalue weighted by atomic mass is 32.2. The van der Waals surface area contributed by atoms with Crippen LogP contribution in [0.2, 0.25) is 0 Å². The molecule has 212 valence electrons. The van der Waals surface area contributed by atoms with E-state index in [-0.39, 0.29) is 42.2 Å². The topological polar surface area (TPSA) is 132 Å². The monoisotopic (exact) mass is 597 g/mol. The van der Waals surface area contributed by atoms with Gasteiger partial charge in [0.05, 0.1) is 22.1 Å². The summed E-state index contributed by atoms with van der Waals surface area (Å²) in [5, 5.41) is 22.4. The quantitative estimate of drug-likeness (QED) is 0.164. The van der Waals surface area contributed by atoms with E-state index in [9.17, 15) is 39.9 Å². The van der Waals surface area contributed by atoms with E-state index in [0.29, 0.717) is 12.4 Å². The SMILES string of the molecule is C=C(O/N=C\N)C(O)(c1ccc(S(=O)(=O)N2CCN(c3ccc(C#N)cc3C(F)(F)F)C[C@H]2C)s1)C(F)(F)F. The zero-order valence-corrected chi connectivity index (χ0v) is 21.6. The molecule has 0 bridgehead atoms. The molecule has 39 heavy (non-hydrogen) atoms. The minimum Gasteiger partial charge on any atom is -0.387 e. The average molecular weight is 598 g/mol. The standard InChI is InChI=1S/C22H21F6N5O4S2/c1-13-11-32(17-4-3-15(10-29)9-16(17)21(23,24)25)7-8-33(13)39(35,36)19-6-5-18(38-19)20(34,22(26,27)28)14(2)37-31-12-30/h3-6,9,12-13,34H,2,7-8,11H2,1H3,(H2,30,31)/t13-,20?/m1/s1. The molecule has 3 rings (SSSR count). The van der Waals surface area contributed by atoms with E-state index in [1.165, 1.54) is 17.9 Å². The molecule has 1 aromatic carbocycles. The van der Waals surface area contributed by atoms with Gasteiger partial charge >= 0.3 is 12.4 Å². The number of hydrogen-bond acceptors (Lipinski definition) is 8. The number of rotatable bonds is 7. The molecule has 0 radical (unpaired) electrons. The van der Waals surface area contributed by atoms with Crippen LogP contribution in [0.3, 0.4) is 0 Å². The fourth-order valence-corrected chi connectivity index (χ4v) is 7.17. The van der Waals surface area contributed by atoms with Gasteiger partial charge in [-0.2, -0.15) is 35.9 Å². The van der Waals surface area contributed by atoms with E-state index >= 15 is 0 Å². The lowest BCUT2D eigenvalue weighted by atomic mass is 9.99. The van der Waals surface area contributed by atoms with E-state index in [0.717, 1.165) is 22.5 Å². The molecule has 0 saturated carbocycles. The van der Waals surface area contributed by atoms with E-state index in [4.69, 9.17) is 11.0 Å². The van der Waals surface area contributed by atoms with Gasteiger partial charge in [0.2, 0.25) is 0 Å². The summed E-state index contributed by atoms with van der Waals surface area (Å²) in [6.07, 6.45) is -9.64. The summed E-state index contributed by atoms with van der Waals surface area (Å²) in [5.74, 6) is -1.27. The number of benzene rings is 1. The number of anilines is 1. The molecule has 1 aliphatic rings. The van der Waals surface area contributed by atoms with Crippen LogP contribution in [-0.4, -0.2) is 56.0 Å². The van der Waals surface area contributed by atoms with Crippen molar-refractivity contribution < 1.29 is 44.7 Å². The Morgan fingerprint density at radius 2 is 1.92 bits per heavy atom. The first-order chi connectivity index (χ1) is 18.0. The predicted octanol–water partition coefficient (Wildman–Crippen LogP) is 3.72. The van der Waals surface area contributed by atoms with Gasteiger partial charge in [0, 0.05) is 31.4 Å². The van der Waals surface area contributed by atoms with Crippen LogP contribution in [0, 0.1) is 11.3 Å². The Bertz CT molecular complexity index is 1420. The molecule has 2 heterocycles. The number of aliphatic hydroxyl groups is 1. The maximum absolute atomic E-state index is 13.8. The van der Waals surface area contributed by atoms with Crippen LogP contribution < -0.4 is 10.6 Å². The summed E-state index contributed by atoms with van der Waals surface area (Å²) in [5.41, 5.74) is -0.366. The summed E-state index contributed by atoms with van der Waals surface area (Å²) in [6.45, 7) is 3.82. The third-order valence-electron chi connectivity index (χ3n) is 5.88. The second-order valence-corrected chi connectivity index (χ2v) is 11.5. The molecular formula is C22H21F6N5O4S2. The predicted molar refractivity (Wildman–Crippen MR) is 129 cm³/mol. The molecule has 2 aromatic rings. The highest BCUT2D eigenvalue weighted by Gasteiger charge is 2.60. The van der Waals surface area contributed by atoms with Crippen LogP contribution in [0.25, 0.3) is 0 Å². The van der Waals surface area contributed by atoms with Crippen LogP contribution in [0.1, 0.15) is 22.9 Å². The van der Waals surface area contributed by atoms with Crippen molar-refractivity contribution in [2.24, 2.45) is 10.9 Å². The van der Waals surface area contributed by atoms with E-state index in [1.807, 2.05) is 0 Å². The Labute approximate surface area is 223 Å². The van der Waals surface area contributed by atoms with Gasteiger partial charge in [0.25, 0.3) is 15.6 Å². The molecule has 3 N–H and O–H groups in total. The smallest absolute Gasteiger partial charge is 0.387 e. The van der Waals surface area contributed by atoms with E-state index < -0.39 is 54.4 Å². The van der Waals surface area contributed by atoms with E-state index in [2.05, 4.69) is 16.6 Å². The number of oxime groups is 1. The number of hydrogen-bond donors (Lipinski definition) is 2. The first-order valence-corrected chi connectivity index (χ1v) is 13.1. The Morgan fingerprint density at radius 1 is 1.26 bits per heavy atom. The van der Waals surface area contributed by atoms with Crippen molar-refractivity contribution in [1.82, 2.24) is 4.31 Å². The molecule has 0 amide bonds. The Hall–Kier alpha value is -3.33. The maximum Gasteiger partial charge on any atom is 0.429 e. The number of halogens is 6. The van der Waals surface area contributed by atoms with Crippen molar-refractivity contribution in [1.29, 1.82) is 5.26 Å². The molecule has 1 aromatic heterocycles. The summed E-state index contributed by atoms with van der Waals surface area (Å²) in [4.78, 5) is 4.84. The van der Waals surface area contributed by atoms with Crippen molar-refractivity contribution >= 4 is 33.4 Å². The molecule has 1 saturated heterocycles. The summed E-state index contributed by atoms with van der Waals surface area (Å²) >= 11 is 0.122. The molecule has 9 nitrogen and oxygen atoms in total.